The Morgan fingerprint density at radius 3 is 1.78 bits per heavy atom. The molecule has 0 saturated carbocycles. The summed E-state index contributed by atoms with van der Waals surface area (Å²) in [5.41, 5.74) is 2.51. The zero-order chi connectivity index (χ0) is 22.4. The van der Waals surface area contributed by atoms with Crippen molar-refractivity contribution < 1.29 is 9.13 Å². The molecule has 0 amide bonds. The molecule has 4 aromatic rings. The smallest absolute Gasteiger partial charge is 0.290 e. The third-order valence-electron chi connectivity index (χ3n) is 5.82. The molecule has 0 bridgehead atoms. The molecule has 1 aromatic heterocycles. The van der Waals surface area contributed by atoms with Crippen LogP contribution in [0.2, 0.25) is 0 Å². The summed E-state index contributed by atoms with van der Waals surface area (Å²) in [5.74, 6) is 0. The molecule has 162 valence electrons. The second-order valence-corrected chi connectivity index (χ2v) is 7.66. The summed E-state index contributed by atoms with van der Waals surface area (Å²) in [6.07, 6.45) is 3.25. The zero-order valence-electron chi connectivity index (χ0n) is 18.0. The molecular weight excluding hydrogens is 401 g/mol. The van der Waals surface area contributed by atoms with E-state index in [0.29, 0.717) is 18.5 Å². The molecule has 0 aliphatic carbocycles. The molecule has 0 saturated heterocycles. The predicted octanol–water partition coefficient (Wildman–Crippen LogP) is 5.46. The lowest BCUT2D eigenvalue weighted by Crippen LogP contribution is -2.38. The van der Waals surface area contributed by atoms with Crippen LogP contribution in [0.3, 0.4) is 0 Å². The van der Waals surface area contributed by atoms with Gasteiger partial charge in [-0.3, -0.25) is 4.57 Å². The van der Waals surface area contributed by atoms with Gasteiger partial charge in [0, 0.05) is 19.5 Å². The van der Waals surface area contributed by atoms with Crippen LogP contribution in [0, 0.1) is 11.5 Å². The predicted molar refractivity (Wildman–Crippen MR) is 125 cm³/mol. The topological polar surface area (TPSA) is 50.9 Å². The average molecular weight is 428 g/mol. The fourth-order valence-electron chi connectivity index (χ4n) is 4.27. The van der Waals surface area contributed by atoms with Crippen molar-refractivity contribution in [3.05, 3.63) is 126 Å². The number of rotatable bonds is 9. The summed E-state index contributed by atoms with van der Waals surface area (Å²) in [6.45, 7) is 0. The van der Waals surface area contributed by atoms with Crippen LogP contribution in [-0.4, -0.2) is 29.0 Å². The van der Waals surface area contributed by atoms with E-state index in [1.54, 1.807) is 17.9 Å². The van der Waals surface area contributed by atoms with Gasteiger partial charge in [-0.05, 0) is 29.5 Å². The normalized spacial score (nSPS) is 12.4. The van der Waals surface area contributed by atoms with Crippen LogP contribution < -0.4 is 0 Å². The maximum Gasteiger partial charge on any atom is 0.290 e. The molecule has 0 aliphatic rings. The maximum atomic E-state index is 15.6. The summed E-state index contributed by atoms with van der Waals surface area (Å²) in [7, 11) is 1.57. The fourth-order valence-corrected chi connectivity index (χ4v) is 4.27. The number of ether oxygens (including phenoxy) is 1. The molecule has 0 fully saturated rings. The Hall–Kier alpha value is -3.57. The monoisotopic (exact) mass is 427 g/mol. The minimum Gasteiger partial charge on any atom is -0.376 e. The van der Waals surface area contributed by atoms with Gasteiger partial charge in [0.05, 0.1) is 11.8 Å². The lowest BCUT2D eigenvalue weighted by Gasteiger charge is -2.37. The molecule has 32 heavy (non-hydrogen) atoms. The van der Waals surface area contributed by atoms with E-state index in [1.807, 2.05) is 91.0 Å². The molecule has 4 rings (SSSR count). The molecule has 4 nitrogen and oxygen atoms in total. The third kappa shape index (κ3) is 3.99. The van der Waals surface area contributed by atoms with E-state index >= 15 is 4.39 Å². The number of hydrogen-bond donors (Lipinski definition) is 1. The van der Waals surface area contributed by atoms with Gasteiger partial charge < -0.3 is 10.1 Å². The number of aromatic nitrogens is 2. The molecule has 1 N–H and O–H groups in total. The van der Waals surface area contributed by atoms with Gasteiger partial charge in [0.25, 0.3) is 6.08 Å². The molecule has 5 heteroatoms. The Morgan fingerprint density at radius 2 is 1.38 bits per heavy atom. The molecule has 0 radical (unpaired) electrons. The first-order chi connectivity index (χ1) is 15.7. The van der Waals surface area contributed by atoms with Crippen molar-refractivity contribution in [1.82, 2.24) is 9.55 Å². The van der Waals surface area contributed by atoms with E-state index in [4.69, 9.17) is 10.1 Å². The van der Waals surface area contributed by atoms with Crippen molar-refractivity contribution in [2.45, 2.75) is 24.5 Å². The van der Waals surface area contributed by atoms with E-state index in [9.17, 15) is 0 Å². The first-order valence-electron chi connectivity index (χ1n) is 10.6. The van der Waals surface area contributed by atoms with Crippen molar-refractivity contribution in [1.29, 1.82) is 5.41 Å². The number of nitrogens with zero attached hydrogens (tertiary/aromatic N) is 2. The molecule has 0 spiro atoms. The standard InChI is InChI=1S/C27H26FN3O/c1-32-25(19-29)18-17-24-20-31(26(28)30-24)27(21-11-5-2-6-12-21,22-13-7-3-8-14-22)23-15-9-4-10-16-23/h2-16,19-20,25,29H,17-18H2,1H3. The van der Waals surface area contributed by atoms with E-state index in [1.165, 1.54) is 6.21 Å². The van der Waals surface area contributed by atoms with Crippen molar-refractivity contribution in [3.63, 3.8) is 0 Å². The Kier molecular flexibility index (Phi) is 6.57. The lowest BCUT2D eigenvalue weighted by molar-refractivity contribution is 0.151. The summed E-state index contributed by atoms with van der Waals surface area (Å²) >= 11 is 0. The van der Waals surface area contributed by atoms with Gasteiger partial charge in [-0.1, -0.05) is 91.0 Å². The number of nitrogens with one attached hydrogen (secondary N) is 1. The van der Waals surface area contributed by atoms with E-state index in [-0.39, 0.29) is 6.10 Å². The molecule has 1 atom stereocenters. The first kappa shape index (κ1) is 21.7. The Bertz CT molecular complexity index is 1050. The summed E-state index contributed by atoms with van der Waals surface area (Å²) in [4.78, 5) is 4.26. The van der Waals surface area contributed by atoms with Crippen LogP contribution in [0.15, 0.2) is 97.2 Å². The third-order valence-corrected chi connectivity index (χ3v) is 5.82. The minimum absolute atomic E-state index is 0.315. The number of methoxy groups -OCH3 is 1. The first-order valence-corrected chi connectivity index (χ1v) is 10.6. The molecule has 0 aliphatic heterocycles. The number of halogens is 1. The van der Waals surface area contributed by atoms with Crippen molar-refractivity contribution in [3.8, 4) is 0 Å². The van der Waals surface area contributed by atoms with Crippen molar-refractivity contribution in [2.75, 3.05) is 7.11 Å². The molecule has 3 aromatic carbocycles. The van der Waals surface area contributed by atoms with Crippen molar-refractivity contribution >= 4 is 6.21 Å². The molecule has 1 unspecified atom stereocenters. The Labute approximate surface area is 187 Å². The highest BCUT2D eigenvalue weighted by molar-refractivity contribution is 5.59. The largest absolute Gasteiger partial charge is 0.376 e. The van der Waals surface area contributed by atoms with Gasteiger partial charge in [0.2, 0.25) is 0 Å². The lowest BCUT2D eigenvalue weighted by atomic mass is 9.76. The van der Waals surface area contributed by atoms with Crippen LogP contribution in [0.1, 0.15) is 28.8 Å². The fraction of sp³-hybridized carbons (Fsp3) is 0.185. The Morgan fingerprint density at radius 1 is 0.906 bits per heavy atom. The zero-order valence-corrected chi connectivity index (χ0v) is 18.0. The minimum atomic E-state index is -0.929. The summed E-state index contributed by atoms with van der Waals surface area (Å²) in [6, 6.07) is 29.8. The summed E-state index contributed by atoms with van der Waals surface area (Å²) in [5, 5.41) is 7.46. The van der Waals surface area contributed by atoms with Gasteiger partial charge in [0.1, 0.15) is 5.54 Å². The highest BCUT2D eigenvalue weighted by atomic mass is 19.1. The van der Waals surface area contributed by atoms with Crippen LogP contribution in [0.4, 0.5) is 4.39 Å². The van der Waals surface area contributed by atoms with Gasteiger partial charge in [-0.2, -0.15) is 4.39 Å². The van der Waals surface area contributed by atoms with Gasteiger partial charge >= 0.3 is 0 Å². The van der Waals surface area contributed by atoms with E-state index in [2.05, 4.69) is 4.98 Å². The summed E-state index contributed by atoms with van der Waals surface area (Å²) < 4.78 is 22.5. The van der Waals surface area contributed by atoms with E-state index in [0.717, 1.165) is 16.7 Å². The second-order valence-electron chi connectivity index (χ2n) is 7.66. The quantitative estimate of drug-likeness (QED) is 0.285. The number of hydrogen-bond acceptors (Lipinski definition) is 3. The average Bonchev–Trinajstić information content (AvgIpc) is 3.23. The highest BCUT2D eigenvalue weighted by Gasteiger charge is 2.40. The number of benzene rings is 3. The maximum absolute atomic E-state index is 15.6. The van der Waals surface area contributed by atoms with Crippen LogP contribution >= 0.6 is 0 Å². The van der Waals surface area contributed by atoms with Gasteiger partial charge in [-0.15, -0.1) is 0 Å². The van der Waals surface area contributed by atoms with Crippen LogP contribution in [0.5, 0.6) is 0 Å². The number of aryl methyl sites for hydroxylation is 1. The highest BCUT2D eigenvalue weighted by Crippen LogP contribution is 2.41. The molecule has 1 heterocycles. The Balaban J connectivity index is 1.94. The second kappa shape index (κ2) is 9.71. The number of imidazole rings is 1. The van der Waals surface area contributed by atoms with E-state index < -0.39 is 11.6 Å². The van der Waals surface area contributed by atoms with Gasteiger partial charge in [-0.25, -0.2) is 4.98 Å². The SMILES string of the molecule is COC(C=N)CCc1cn(C(c2ccccc2)(c2ccccc2)c2ccccc2)c(F)n1. The van der Waals surface area contributed by atoms with Crippen molar-refractivity contribution in [2.24, 2.45) is 0 Å². The van der Waals surface area contributed by atoms with Crippen LogP contribution in [0.25, 0.3) is 0 Å². The van der Waals surface area contributed by atoms with Crippen LogP contribution in [-0.2, 0) is 16.7 Å². The molecular formula is C27H26FN3O. The van der Waals surface area contributed by atoms with Gasteiger partial charge in [0.15, 0.2) is 0 Å².